The van der Waals surface area contributed by atoms with Gasteiger partial charge in [0.1, 0.15) is 11.1 Å². The van der Waals surface area contributed by atoms with Gasteiger partial charge >= 0.3 is 6.18 Å². The molecule has 3 N–H and O–H groups in total. The van der Waals surface area contributed by atoms with Gasteiger partial charge in [-0.05, 0) is 49.6 Å². The second kappa shape index (κ2) is 8.50. The Bertz CT molecular complexity index is 990. The third-order valence-electron chi connectivity index (χ3n) is 5.19. The second-order valence-electron chi connectivity index (χ2n) is 7.31. The third kappa shape index (κ3) is 4.40. The van der Waals surface area contributed by atoms with Crippen LogP contribution >= 0.6 is 11.9 Å². The fourth-order valence-corrected chi connectivity index (χ4v) is 3.82. The van der Waals surface area contributed by atoms with Crippen LogP contribution in [0.5, 0.6) is 5.75 Å². The van der Waals surface area contributed by atoms with Gasteiger partial charge in [-0.1, -0.05) is 0 Å². The lowest BCUT2D eigenvalue weighted by molar-refractivity contribution is -0.210. The van der Waals surface area contributed by atoms with Gasteiger partial charge in [0.15, 0.2) is 11.6 Å². The van der Waals surface area contributed by atoms with Gasteiger partial charge in [0.05, 0.1) is 18.2 Å². The standard InChI is InChI=1S/C19H19F5N4O2S/c1-18(19(22,23)24)8-13(17(29)27-10-5-6-26-14(7-10)31-25)28(9-18)12-4-3-11(20)15(21)16(12)30-2/h3-7,13H,8-9,25H2,1-2H3,(H,26,27,29). The number of rotatable bonds is 5. The first kappa shape index (κ1) is 23.1. The van der Waals surface area contributed by atoms with Crippen LogP contribution in [0, 0.1) is 17.0 Å². The summed E-state index contributed by atoms with van der Waals surface area (Å²) in [6.45, 7) is 0.339. The molecule has 1 amide bonds. The maximum absolute atomic E-state index is 14.2. The van der Waals surface area contributed by atoms with E-state index < -0.39 is 53.9 Å². The highest BCUT2D eigenvalue weighted by Crippen LogP contribution is 2.50. The highest BCUT2D eigenvalue weighted by atomic mass is 32.2. The van der Waals surface area contributed by atoms with Crippen LogP contribution in [0.15, 0.2) is 35.5 Å². The van der Waals surface area contributed by atoms with Crippen molar-refractivity contribution in [3.8, 4) is 5.75 Å². The summed E-state index contributed by atoms with van der Waals surface area (Å²) in [6, 6.07) is 3.46. The fourth-order valence-electron chi connectivity index (χ4n) is 3.50. The molecular weight excluding hydrogens is 443 g/mol. The van der Waals surface area contributed by atoms with Crippen LogP contribution in [0.4, 0.5) is 33.3 Å². The Morgan fingerprint density at radius 2 is 2.06 bits per heavy atom. The van der Waals surface area contributed by atoms with Crippen molar-refractivity contribution in [1.29, 1.82) is 0 Å². The number of pyridine rings is 1. The minimum absolute atomic E-state index is 0.151. The predicted octanol–water partition coefficient (Wildman–Crippen LogP) is 4.12. The molecule has 168 valence electrons. The molecular formula is C19H19F5N4O2S. The Hall–Kier alpha value is -2.60. The van der Waals surface area contributed by atoms with Gasteiger partial charge in [-0.15, -0.1) is 0 Å². The molecule has 1 aromatic carbocycles. The summed E-state index contributed by atoms with van der Waals surface area (Å²) in [5.74, 6) is -3.89. The summed E-state index contributed by atoms with van der Waals surface area (Å²) in [5.41, 5.74) is -2.13. The molecule has 0 aliphatic carbocycles. The van der Waals surface area contributed by atoms with E-state index in [-0.39, 0.29) is 11.4 Å². The van der Waals surface area contributed by atoms with Crippen molar-refractivity contribution in [3.05, 3.63) is 42.1 Å². The van der Waals surface area contributed by atoms with Crippen molar-refractivity contribution in [2.75, 3.05) is 23.9 Å². The average molecular weight is 462 g/mol. The Labute approximate surface area is 179 Å². The smallest absolute Gasteiger partial charge is 0.396 e. The summed E-state index contributed by atoms with van der Waals surface area (Å²) in [4.78, 5) is 18.0. The first-order valence-electron chi connectivity index (χ1n) is 9.00. The number of carbonyl (C=O) groups excluding carboxylic acids is 1. The highest BCUT2D eigenvalue weighted by molar-refractivity contribution is 7.97. The zero-order valence-corrected chi connectivity index (χ0v) is 17.3. The van der Waals surface area contributed by atoms with E-state index in [1.54, 1.807) is 0 Å². The molecule has 2 atom stereocenters. The summed E-state index contributed by atoms with van der Waals surface area (Å²) >= 11 is 0.835. The molecule has 1 aliphatic heterocycles. The number of halogens is 5. The van der Waals surface area contributed by atoms with Crippen LogP contribution in [-0.4, -0.2) is 36.8 Å². The molecule has 1 aromatic heterocycles. The Morgan fingerprint density at radius 3 is 2.68 bits per heavy atom. The van der Waals surface area contributed by atoms with Crippen LogP contribution in [0.1, 0.15) is 13.3 Å². The van der Waals surface area contributed by atoms with Gasteiger partial charge < -0.3 is 15.0 Å². The Kier molecular flexibility index (Phi) is 6.33. The monoisotopic (exact) mass is 462 g/mol. The number of hydrogen-bond acceptors (Lipinski definition) is 6. The van der Waals surface area contributed by atoms with Crippen molar-refractivity contribution in [3.63, 3.8) is 0 Å². The van der Waals surface area contributed by atoms with E-state index >= 15 is 0 Å². The largest absolute Gasteiger partial charge is 0.491 e. The van der Waals surface area contributed by atoms with Crippen LogP contribution < -0.4 is 20.1 Å². The summed E-state index contributed by atoms with van der Waals surface area (Å²) < 4.78 is 74.1. The van der Waals surface area contributed by atoms with Crippen molar-refractivity contribution in [1.82, 2.24) is 4.98 Å². The molecule has 0 spiro atoms. The number of nitrogens with zero attached hydrogens (tertiary/aromatic N) is 2. The lowest BCUT2D eigenvalue weighted by atomic mass is 9.87. The van der Waals surface area contributed by atoms with E-state index in [4.69, 9.17) is 9.88 Å². The number of amides is 1. The molecule has 1 fully saturated rings. The molecule has 2 unspecified atom stereocenters. The molecule has 2 aromatic rings. The number of nitrogens with two attached hydrogens (primary N) is 1. The molecule has 12 heteroatoms. The Morgan fingerprint density at radius 1 is 1.35 bits per heavy atom. The molecule has 0 radical (unpaired) electrons. The summed E-state index contributed by atoms with van der Waals surface area (Å²) in [5, 5.41) is 8.38. The molecule has 2 heterocycles. The van der Waals surface area contributed by atoms with Crippen LogP contribution in [0.25, 0.3) is 0 Å². The number of hydrogen-bond donors (Lipinski definition) is 2. The lowest BCUT2D eigenvalue weighted by Gasteiger charge is -2.29. The first-order chi connectivity index (χ1) is 14.5. The van der Waals surface area contributed by atoms with E-state index in [0.717, 1.165) is 43.0 Å². The van der Waals surface area contributed by atoms with Gasteiger partial charge in [0.2, 0.25) is 11.7 Å². The number of carbonyl (C=O) groups is 1. The maximum Gasteiger partial charge on any atom is 0.396 e. The number of nitrogens with one attached hydrogen (secondary N) is 1. The summed E-state index contributed by atoms with van der Waals surface area (Å²) in [6.07, 6.45) is -3.84. The van der Waals surface area contributed by atoms with E-state index in [1.165, 1.54) is 18.3 Å². The molecule has 1 aliphatic rings. The number of methoxy groups -OCH3 is 1. The number of alkyl halides is 3. The van der Waals surface area contributed by atoms with Gasteiger partial charge in [0.25, 0.3) is 0 Å². The van der Waals surface area contributed by atoms with Gasteiger partial charge in [0, 0.05) is 18.4 Å². The van der Waals surface area contributed by atoms with E-state index in [1.807, 2.05) is 0 Å². The van der Waals surface area contributed by atoms with Gasteiger partial charge in [-0.25, -0.2) is 9.37 Å². The van der Waals surface area contributed by atoms with E-state index in [0.29, 0.717) is 5.03 Å². The molecule has 0 bridgehead atoms. The quantitative estimate of drug-likeness (QED) is 0.514. The number of anilines is 2. The summed E-state index contributed by atoms with van der Waals surface area (Å²) in [7, 11) is 1.07. The second-order valence-corrected chi connectivity index (χ2v) is 7.96. The molecule has 6 nitrogen and oxygen atoms in total. The highest BCUT2D eigenvalue weighted by Gasteiger charge is 2.59. The average Bonchev–Trinajstić information content (AvgIpc) is 3.09. The first-order valence-corrected chi connectivity index (χ1v) is 9.87. The zero-order chi connectivity index (χ0) is 23.0. The van der Waals surface area contributed by atoms with E-state index in [9.17, 15) is 26.7 Å². The normalized spacial score (nSPS) is 21.3. The SMILES string of the molecule is COc1c(N2CC(C)(C(F)(F)F)CC2C(=O)Nc2ccnc(SN)c2)ccc(F)c1F. The van der Waals surface area contributed by atoms with Crippen LogP contribution in [-0.2, 0) is 4.79 Å². The number of aromatic nitrogens is 1. The molecule has 31 heavy (non-hydrogen) atoms. The third-order valence-corrected chi connectivity index (χ3v) is 5.66. The lowest BCUT2D eigenvalue weighted by Crippen LogP contribution is -2.40. The van der Waals surface area contributed by atoms with Crippen molar-refractivity contribution >= 4 is 29.2 Å². The topological polar surface area (TPSA) is 80.5 Å². The predicted molar refractivity (Wildman–Crippen MR) is 106 cm³/mol. The molecule has 0 saturated carbocycles. The minimum Gasteiger partial charge on any atom is -0.491 e. The minimum atomic E-state index is -4.63. The number of benzene rings is 1. The van der Waals surface area contributed by atoms with Crippen LogP contribution in [0.3, 0.4) is 0 Å². The number of ether oxygens (including phenoxy) is 1. The van der Waals surface area contributed by atoms with Crippen molar-refractivity contribution < 1.29 is 31.5 Å². The van der Waals surface area contributed by atoms with E-state index in [2.05, 4.69) is 10.3 Å². The van der Waals surface area contributed by atoms with Crippen molar-refractivity contribution in [2.24, 2.45) is 10.6 Å². The van der Waals surface area contributed by atoms with Crippen LogP contribution in [0.2, 0.25) is 0 Å². The van der Waals surface area contributed by atoms with Crippen molar-refractivity contribution in [2.45, 2.75) is 30.6 Å². The zero-order valence-electron chi connectivity index (χ0n) is 16.5. The van der Waals surface area contributed by atoms with Gasteiger partial charge in [-0.2, -0.15) is 17.6 Å². The maximum atomic E-state index is 14.2. The molecule has 1 saturated heterocycles. The Balaban J connectivity index is 2.01. The molecule has 3 rings (SSSR count). The van der Waals surface area contributed by atoms with Gasteiger partial charge in [-0.3, -0.25) is 9.93 Å². The fraction of sp³-hybridized carbons (Fsp3) is 0.368.